The average molecular weight is 312 g/mol. The smallest absolute Gasteiger partial charge is 0.130 e. The minimum atomic E-state index is -0.542. The molecule has 0 aliphatic rings. The van der Waals surface area contributed by atoms with Gasteiger partial charge in [-0.25, -0.2) is 9.37 Å². The summed E-state index contributed by atoms with van der Waals surface area (Å²) in [6, 6.07) is 4.35. The third-order valence-corrected chi connectivity index (χ3v) is 3.28. The zero-order valence-corrected chi connectivity index (χ0v) is 11.7. The normalized spacial score (nSPS) is 12.7. The first-order chi connectivity index (χ1) is 8.63. The fourth-order valence-corrected chi connectivity index (χ4v) is 2.26. The molecule has 0 fully saturated rings. The van der Waals surface area contributed by atoms with Crippen molar-refractivity contribution in [1.29, 1.82) is 0 Å². The Balaban J connectivity index is 2.35. The molecule has 2 N–H and O–H groups in total. The number of aromatic nitrogens is 2. The highest BCUT2D eigenvalue weighted by molar-refractivity contribution is 9.10. The van der Waals surface area contributed by atoms with E-state index in [0.29, 0.717) is 15.9 Å². The lowest BCUT2D eigenvalue weighted by Gasteiger charge is -2.15. The van der Waals surface area contributed by atoms with Crippen molar-refractivity contribution in [3.05, 3.63) is 52.3 Å². The number of nitrogens with two attached hydrogens (primary N) is 1. The van der Waals surface area contributed by atoms with E-state index in [0.717, 1.165) is 13.0 Å². The Morgan fingerprint density at radius 1 is 1.50 bits per heavy atom. The van der Waals surface area contributed by atoms with Gasteiger partial charge in [-0.05, 0) is 18.6 Å². The number of hydrogen-bond acceptors (Lipinski definition) is 2. The summed E-state index contributed by atoms with van der Waals surface area (Å²) in [7, 11) is 0. The Bertz CT molecular complexity index is 539. The van der Waals surface area contributed by atoms with E-state index in [1.807, 2.05) is 10.8 Å². The van der Waals surface area contributed by atoms with Crippen LogP contribution in [0.1, 0.15) is 30.8 Å². The van der Waals surface area contributed by atoms with E-state index in [1.165, 1.54) is 6.07 Å². The van der Waals surface area contributed by atoms with Crippen LogP contribution in [0.15, 0.2) is 35.1 Å². The summed E-state index contributed by atoms with van der Waals surface area (Å²) in [4.78, 5) is 4.23. The second-order valence-corrected chi connectivity index (χ2v) is 5.04. The van der Waals surface area contributed by atoms with E-state index in [1.54, 1.807) is 18.3 Å². The summed E-state index contributed by atoms with van der Waals surface area (Å²) in [5.74, 6) is 0.376. The molecule has 0 aliphatic carbocycles. The molecule has 0 saturated carbocycles. The van der Waals surface area contributed by atoms with Crippen LogP contribution in [0, 0.1) is 5.82 Å². The zero-order valence-electron chi connectivity index (χ0n) is 10.1. The molecule has 1 aromatic heterocycles. The monoisotopic (exact) mass is 311 g/mol. The molecule has 0 spiro atoms. The maximum absolute atomic E-state index is 13.9. The second kappa shape index (κ2) is 5.63. The van der Waals surface area contributed by atoms with E-state index in [2.05, 4.69) is 27.8 Å². The third-order valence-electron chi connectivity index (χ3n) is 2.79. The maximum Gasteiger partial charge on any atom is 0.130 e. The molecule has 1 unspecified atom stereocenters. The Labute approximate surface area is 114 Å². The van der Waals surface area contributed by atoms with Crippen molar-refractivity contribution < 1.29 is 4.39 Å². The number of nitrogens with zero attached hydrogens (tertiary/aromatic N) is 2. The minimum absolute atomic E-state index is 0.317. The average Bonchev–Trinajstić information content (AvgIpc) is 2.77. The molecular formula is C13H15BrFN3. The van der Waals surface area contributed by atoms with Gasteiger partial charge in [-0.15, -0.1) is 0 Å². The quantitative estimate of drug-likeness (QED) is 0.942. The highest BCUT2D eigenvalue weighted by Crippen LogP contribution is 2.24. The highest BCUT2D eigenvalue weighted by Gasteiger charge is 2.18. The molecule has 2 rings (SSSR count). The van der Waals surface area contributed by atoms with Gasteiger partial charge in [-0.2, -0.15) is 0 Å². The van der Waals surface area contributed by atoms with Crippen LogP contribution in [0.5, 0.6) is 0 Å². The van der Waals surface area contributed by atoms with Crippen molar-refractivity contribution in [3.8, 4) is 0 Å². The third kappa shape index (κ3) is 2.62. The van der Waals surface area contributed by atoms with Crippen LogP contribution >= 0.6 is 15.9 Å². The van der Waals surface area contributed by atoms with Crippen molar-refractivity contribution in [2.24, 2.45) is 5.73 Å². The number of rotatable bonds is 4. The van der Waals surface area contributed by atoms with Gasteiger partial charge in [0.2, 0.25) is 0 Å². The van der Waals surface area contributed by atoms with E-state index in [4.69, 9.17) is 5.73 Å². The SMILES string of the molecule is CCCn1ccnc1C(N)c1ccc(Br)cc1F. The van der Waals surface area contributed by atoms with Crippen molar-refractivity contribution in [2.75, 3.05) is 0 Å². The summed E-state index contributed by atoms with van der Waals surface area (Å²) < 4.78 is 16.5. The Morgan fingerprint density at radius 3 is 2.94 bits per heavy atom. The summed E-state index contributed by atoms with van der Waals surface area (Å²) in [6.07, 6.45) is 4.55. The highest BCUT2D eigenvalue weighted by atomic mass is 79.9. The first-order valence-electron chi connectivity index (χ1n) is 5.85. The molecular weight excluding hydrogens is 297 g/mol. The van der Waals surface area contributed by atoms with Gasteiger partial charge in [0.15, 0.2) is 0 Å². The first-order valence-corrected chi connectivity index (χ1v) is 6.64. The van der Waals surface area contributed by atoms with Crippen molar-refractivity contribution in [2.45, 2.75) is 25.9 Å². The predicted octanol–water partition coefficient (Wildman–Crippen LogP) is 3.24. The van der Waals surface area contributed by atoms with Gasteiger partial charge in [0.1, 0.15) is 11.6 Å². The predicted molar refractivity (Wildman–Crippen MR) is 72.6 cm³/mol. The summed E-state index contributed by atoms with van der Waals surface area (Å²) in [5, 5.41) is 0. The number of halogens is 2. The molecule has 0 saturated heterocycles. The Kier molecular flexibility index (Phi) is 4.14. The Morgan fingerprint density at radius 2 is 2.28 bits per heavy atom. The first kappa shape index (κ1) is 13.2. The number of imidazole rings is 1. The Hall–Kier alpha value is -1.20. The molecule has 1 heterocycles. The topological polar surface area (TPSA) is 43.8 Å². The van der Waals surface area contributed by atoms with E-state index >= 15 is 0 Å². The second-order valence-electron chi connectivity index (χ2n) is 4.12. The molecule has 1 aromatic carbocycles. The van der Waals surface area contributed by atoms with Gasteiger partial charge in [0.05, 0.1) is 6.04 Å². The molecule has 0 bridgehead atoms. The van der Waals surface area contributed by atoms with Crippen LogP contribution < -0.4 is 5.73 Å². The van der Waals surface area contributed by atoms with Crippen LogP contribution in [0.3, 0.4) is 0 Å². The van der Waals surface area contributed by atoms with Gasteiger partial charge in [-0.1, -0.05) is 28.9 Å². The number of aryl methyl sites for hydroxylation is 1. The van der Waals surface area contributed by atoms with Gasteiger partial charge in [-0.3, -0.25) is 0 Å². The fourth-order valence-electron chi connectivity index (χ4n) is 1.92. The summed E-state index contributed by atoms with van der Waals surface area (Å²) in [5.41, 5.74) is 6.56. The lowest BCUT2D eigenvalue weighted by Crippen LogP contribution is -2.19. The van der Waals surface area contributed by atoms with E-state index in [-0.39, 0.29) is 5.82 Å². The molecule has 1 atom stereocenters. The molecule has 5 heteroatoms. The van der Waals surface area contributed by atoms with Gasteiger partial charge >= 0.3 is 0 Å². The molecule has 0 radical (unpaired) electrons. The summed E-state index contributed by atoms with van der Waals surface area (Å²) >= 11 is 3.23. The minimum Gasteiger partial charge on any atom is -0.333 e. The van der Waals surface area contributed by atoms with Crippen LogP contribution in [0.4, 0.5) is 4.39 Å². The van der Waals surface area contributed by atoms with Crippen molar-refractivity contribution >= 4 is 15.9 Å². The van der Waals surface area contributed by atoms with Gasteiger partial charge < -0.3 is 10.3 Å². The zero-order chi connectivity index (χ0) is 13.1. The molecule has 96 valence electrons. The van der Waals surface area contributed by atoms with Crippen molar-refractivity contribution in [1.82, 2.24) is 9.55 Å². The van der Waals surface area contributed by atoms with Crippen LogP contribution in [0.2, 0.25) is 0 Å². The number of hydrogen-bond donors (Lipinski definition) is 1. The molecule has 2 aromatic rings. The van der Waals surface area contributed by atoms with Gasteiger partial charge in [0, 0.05) is 29.0 Å². The molecule has 0 aliphatic heterocycles. The maximum atomic E-state index is 13.9. The van der Waals surface area contributed by atoms with Gasteiger partial charge in [0.25, 0.3) is 0 Å². The van der Waals surface area contributed by atoms with E-state index in [9.17, 15) is 4.39 Å². The summed E-state index contributed by atoms with van der Waals surface area (Å²) in [6.45, 7) is 2.91. The standard InChI is InChI=1S/C13H15BrFN3/c1-2-6-18-7-5-17-13(18)12(16)10-4-3-9(14)8-11(10)15/h3-5,7-8,12H,2,6,16H2,1H3. The molecule has 0 amide bonds. The van der Waals surface area contributed by atoms with Crippen LogP contribution in [-0.4, -0.2) is 9.55 Å². The van der Waals surface area contributed by atoms with Crippen LogP contribution in [-0.2, 0) is 6.54 Å². The molecule has 3 nitrogen and oxygen atoms in total. The number of benzene rings is 1. The lowest BCUT2D eigenvalue weighted by atomic mass is 10.1. The molecule has 18 heavy (non-hydrogen) atoms. The lowest BCUT2D eigenvalue weighted by molar-refractivity contribution is 0.570. The fraction of sp³-hybridized carbons (Fsp3) is 0.308. The van der Waals surface area contributed by atoms with Crippen molar-refractivity contribution in [3.63, 3.8) is 0 Å². The largest absolute Gasteiger partial charge is 0.333 e. The van der Waals surface area contributed by atoms with E-state index < -0.39 is 6.04 Å². The van der Waals surface area contributed by atoms with Crippen LogP contribution in [0.25, 0.3) is 0 Å².